The molecule has 0 fully saturated rings. The first-order chi connectivity index (χ1) is 19.7. The van der Waals surface area contributed by atoms with E-state index in [-0.39, 0.29) is 0 Å². The van der Waals surface area contributed by atoms with Crippen molar-refractivity contribution in [2.75, 3.05) is 9.80 Å². The second kappa shape index (κ2) is 11.8. The van der Waals surface area contributed by atoms with Gasteiger partial charge >= 0.3 is 0 Å². The molecule has 0 spiro atoms. The second-order valence-electron chi connectivity index (χ2n) is 9.99. The van der Waals surface area contributed by atoms with E-state index in [0.717, 1.165) is 46.4 Å². The first kappa shape index (κ1) is 25.3. The lowest BCUT2D eigenvalue weighted by Gasteiger charge is -2.30. The molecule has 1 aliphatic rings. The number of hydrogen-bond acceptors (Lipinski definition) is 3. The molecular weight excluding hydrogens is 488 g/mol. The lowest BCUT2D eigenvalue weighted by atomic mass is 9.98. The van der Waals surface area contributed by atoms with Crippen molar-refractivity contribution in [3.8, 4) is 11.5 Å². The van der Waals surface area contributed by atoms with Gasteiger partial charge in [0, 0.05) is 34.1 Å². The maximum atomic E-state index is 6.26. The molecule has 0 aliphatic heterocycles. The minimum Gasteiger partial charge on any atom is -0.457 e. The van der Waals surface area contributed by atoms with E-state index in [2.05, 4.69) is 138 Å². The Hall–Kier alpha value is -5.02. The summed E-state index contributed by atoms with van der Waals surface area (Å²) in [5.74, 6) is 2.11. The molecule has 40 heavy (non-hydrogen) atoms. The van der Waals surface area contributed by atoms with Crippen LogP contribution in [0.3, 0.4) is 0 Å². The Morgan fingerprint density at radius 1 is 0.500 bits per heavy atom. The summed E-state index contributed by atoms with van der Waals surface area (Å²) < 4.78 is 6.26. The number of nitrogens with zero attached hydrogens (tertiary/aromatic N) is 2. The molecule has 3 heteroatoms. The standard InChI is InChI=1S/C37H32N2O/c1-29-12-11-19-35(28-29)39(32-17-9-4-10-18-32)34-22-26-37(27-23-34)40-36-24-20-33(21-25-36)38(30-13-5-2-6-14-30)31-15-7-3-8-16-31/h2-27,29H,28H2,1H3. The van der Waals surface area contributed by atoms with Crippen molar-refractivity contribution in [1.82, 2.24) is 0 Å². The number of anilines is 5. The third-order valence-electron chi connectivity index (χ3n) is 7.02. The lowest BCUT2D eigenvalue weighted by molar-refractivity contribution is 0.483. The Morgan fingerprint density at radius 2 is 0.900 bits per heavy atom. The molecule has 0 bridgehead atoms. The monoisotopic (exact) mass is 520 g/mol. The number of allylic oxidation sites excluding steroid dienone is 4. The predicted molar refractivity (Wildman–Crippen MR) is 167 cm³/mol. The Bertz CT molecular complexity index is 1540. The van der Waals surface area contributed by atoms with Gasteiger partial charge in [0.1, 0.15) is 11.5 Å². The Morgan fingerprint density at radius 3 is 1.35 bits per heavy atom. The van der Waals surface area contributed by atoms with Gasteiger partial charge in [0.15, 0.2) is 0 Å². The predicted octanol–water partition coefficient (Wildman–Crippen LogP) is 10.6. The highest BCUT2D eigenvalue weighted by atomic mass is 16.5. The van der Waals surface area contributed by atoms with E-state index in [1.807, 2.05) is 36.4 Å². The number of rotatable bonds is 8. The molecule has 1 unspecified atom stereocenters. The highest BCUT2D eigenvalue weighted by molar-refractivity contribution is 5.76. The summed E-state index contributed by atoms with van der Waals surface area (Å²) in [5.41, 5.74) is 6.85. The number of ether oxygens (including phenoxy) is 1. The Labute approximate surface area is 236 Å². The maximum Gasteiger partial charge on any atom is 0.127 e. The van der Waals surface area contributed by atoms with Gasteiger partial charge in [0.25, 0.3) is 0 Å². The van der Waals surface area contributed by atoms with Crippen molar-refractivity contribution in [3.63, 3.8) is 0 Å². The SMILES string of the molecule is CC1C=CC=C(N(c2ccccc2)c2ccc(Oc3ccc(N(c4ccccc4)c4ccccc4)cc3)cc2)C1. The maximum absolute atomic E-state index is 6.26. The van der Waals surface area contributed by atoms with Gasteiger partial charge in [-0.1, -0.05) is 73.7 Å². The molecule has 5 aromatic carbocycles. The average molecular weight is 521 g/mol. The second-order valence-corrected chi connectivity index (χ2v) is 9.99. The van der Waals surface area contributed by atoms with E-state index in [0.29, 0.717) is 5.92 Å². The number of benzene rings is 5. The minimum atomic E-state index is 0.511. The molecule has 0 aromatic heterocycles. The molecule has 3 nitrogen and oxygen atoms in total. The fraction of sp³-hybridized carbons (Fsp3) is 0.0811. The van der Waals surface area contributed by atoms with Gasteiger partial charge in [-0.3, -0.25) is 0 Å². The van der Waals surface area contributed by atoms with Crippen molar-refractivity contribution in [1.29, 1.82) is 0 Å². The number of hydrogen-bond donors (Lipinski definition) is 0. The van der Waals surface area contributed by atoms with E-state index in [1.54, 1.807) is 0 Å². The van der Waals surface area contributed by atoms with Crippen LogP contribution in [-0.4, -0.2) is 0 Å². The topological polar surface area (TPSA) is 15.7 Å². The van der Waals surface area contributed by atoms with Crippen LogP contribution in [0.5, 0.6) is 11.5 Å². The third kappa shape index (κ3) is 5.69. The molecule has 0 saturated heterocycles. The van der Waals surface area contributed by atoms with Gasteiger partial charge in [0.2, 0.25) is 0 Å². The summed E-state index contributed by atoms with van der Waals surface area (Å²) in [7, 11) is 0. The fourth-order valence-corrected chi connectivity index (χ4v) is 5.11. The van der Waals surface area contributed by atoms with Gasteiger partial charge in [0.05, 0.1) is 0 Å². The molecule has 196 valence electrons. The largest absolute Gasteiger partial charge is 0.457 e. The lowest BCUT2D eigenvalue weighted by Crippen LogP contribution is -2.19. The van der Waals surface area contributed by atoms with Gasteiger partial charge < -0.3 is 14.5 Å². The van der Waals surface area contributed by atoms with Gasteiger partial charge in [-0.15, -0.1) is 0 Å². The van der Waals surface area contributed by atoms with Crippen molar-refractivity contribution < 1.29 is 4.74 Å². The van der Waals surface area contributed by atoms with Crippen LogP contribution in [0.2, 0.25) is 0 Å². The first-order valence-electron chi connectivity index (χ1n) is 13.8. The summed E-state index contributed by atoms with van der Waals surface area (Å²) in [6.07, 6.45) is 7.64. The quantitative estimate of drug-likeness (QED) is 0.202. The average Bonchev–Trinajstić information content (AvgIpc) is 3.01. The van der Waals surface area contributed by atoms with E-state index in [4.69, 9.17) is 4.74 Å². The summed E-state index contributed by atoms with van der Waals surface area (Å²) in [4.78, 5) is 4.58. The molecule has 0 saturated carbocycles. The van der Waals surface area contributed by atoms with Crippen LogP contribution in [0.1, 0.15) is 13.3 Å². The molecule has 0 heterocycles. The molecule has 1 aliphatic carbocycles. The summed E-state index contributed by atoms with van der Waals surface area (Å²) >= 11 is 0. The zero-order chi connectivity index (χ0) is 27.1. The normalized spacial score (nSPS) is 14.3. The van der Waals surface area contributed by atoms with Gasteiger partial charge in [-0.05, 0) is 103 Å². The molecule has 5 aromatic rings. The van der Waals surface area contributed by atoms with Crippen LogP contribution in [0.15, 0.2) is 163 Å². The van der Waals surface area contributed by atoms with Gasteiger partial charge in [-0.2, -0.15) is 0 Å². The van der Waals surface area contributed by atoms with Crippen LogP contribution in [0.4, 0.5) is 28.4 Å². The van der Waals surface area contributed by atoms with E-state index >= 15 is 0 Å². The van der Waals surface area contributed by atoms with E-state index in [9.17, 15) is 0 Å². The molecule has 1 atom stereocenters. The van der Waals surface area contributed by atoms with Crippen molar-refractivity contribution in [2.45, 2.75) is 13.3 Å². The van der Waals surface area contributed by atoms with Crippen LogP contribution < -0.4 is 14.5 Å². The Kier molecular flexibility index (Phi) is 7.45. The van der Waals surface area contributed by atoms with Crippen molar-refractivity contribution in [3.05, 3.63) is 163 Å². The molecule has 6 rings (SSSR count). The third-order valence-corrected chi connectivity index (χ3v) is 7.02. The molecular formula is C37H32N2O. The Balaban J connectivity index is 1.23. The van der Waals surface area contributed by atoms with E-state index < -0.39 is 0 Å². The zero-order valence-corrected chi connectivity index (χ0v) is 22.6. The van der Waals surface area contributed by atoms with Crippen molar-refractivity contribution >= 4 is 28.4 Å². The van der Waals surface area contributed by atoms with E-state index in [1.165, 1.54) is 5.70 Å². The highest BCUT2D eigenvalue weighted by Gasteiger charge is 2.18. The first-order valence-corrected chi connectivity index (χ1v) is 13.8. The van der Waals surface area contributed by atoms with Crippen LogP contribution in [0, 0.1) is 5.92 Å². The number of para-hydroxylation sites is 3. The highest BCUT2D eigenvalue weighted by Crippen LogP contribution is 2.37. The smallest absolute Gasteiger partial charge is 0.127 e. The van der Waals surface area contributed by atoms with Crippen LogP contribution in [-0.2, 0) is 0 Å². The molecule has 0 radical (unpaired) electrons. The van der Waals surface area contributed by atoms with Crippen molar-refractivity contribution in [2.24, 2.45) is 5.92 Å². The van der Waals surface area contributed by atoms with Crippen LogP contribution >= 0.6 is 0 Å². The summed E-state index contributed by atoms with van der Waals surface area (Å²) in [6.45, 7) is 2.26. The molecule has 0 amide bonds. The fourth-order valence-electron chi connectivity index (χ4n) is 5.11. The van der Waals surface area contributed by atoms with Crippen LogP contribution in [0.25, 0.3) is 0 Å². The minimum absolute atomic E-state index is 0.511. The zero-order valence-electron chi connectivity index (χ0n) is 22.6. The van der Waals surface area contributed by atoms with Gasteiger partial charge in [-0.25, -0.2) is 0 Å². The summed E-state index contributed by atoms with van der Waals surface area (Å²) in [6, 6.07) is 48.0. The summed E-state index contributed by atoms with van der Waals surface area (Å²) in [5, 5.41) is 0. The molecule has 0 N–H and O–H groups in total.